The molecule has 1 aromatic heterocycles. The van der Waals surface area contributed by atoms with Gasteiger partial charge in [0.25, 0.3) is 0 Å². The molecule has 2 aliphatic rings. The summed E-state index contributed by atoms with van der Waals surface area (Å²) in [5, 5.41) is 14.5. The molecule has 1 N–H and O–H groups in total. The van der Waals surface area contributed by atoms with Gasteiger partial charge in [0, 0.05) is 43.8 Å². The number of halogens is 1. The van der Waals surface area contributed by atoms with E-state index in [1.165, 1.54) is 12.3 Å². The Balaban J connectivity index is 0.00000182. The summed E-state index contributed by atoms with van der Waals surface area (Å²) in [7, 11) is 0. The number of anilines is 1. The summed E-state index contributed by atoms with van der Waals surface area (Å²) in [5.41, 5.74) is -0.0576. The molecule has 1 saturated heterocycles. The smallest absolute Gasteiger partial charge is 0.545 e. The summed E-state index contributed by atoms with van der Waals surface area (Å²) < 4.78 is 16.4. The van der Waals surface area contributed by atoms with E-state index in [9.17, 15) is 19.1 Å². The van der Waals surface area contributed by atoms with Crippen LogP contribution in [0.2, 0.25) is 0 Å². The minimum atomic E-state index is -1.53. The molecule has 2 aromatic rings. The van der Waals surface area contributed by atoms with Crippen LogP contribution < -0.4 is 72.1 Å². The standard InChI is InChI=1S/C17H18FN3O3.K/c18-13-7-11-14(8-15(13)20-5-3-19-4-6-20)21(10-1-2-10)9-12(16(11)22)17(23)24;/h7-10,19H,1-6H2,(H,23,24);/q;+1/p-1. The maximum atomic E-state index is 14.6. The first-order chi connectivity index (χ1) is 11.6. The molecule has 8 heteroatoms. The van der Waals surface area contributed by atoms with Crippen LogP contribution >= 0.6 is 0 Å². The number of carbonyl (C=O) groups is 1. The van der Waals surface area contributed by atoms with E-state index in [0.717, 1.165) is 25.9 Å². The third-order valence-corrected chi connectivity index (χ3v) is 4.72. The molecule has 126 valence electrons. The average molecular weight is 369 g/mol. The molecule has 2 fully saturated rings. The molecule has 0 atom stereocenters. The number of rotatable bonds is 3. The number of hydrogen-bond acceptors (Lipinski definition) is 5. The average Bonchev–Trinajstić information content (AvgIpc) is 3.40. The van der Waals surface area contributed by atoms with E-state index in [1.54, 1.807) is 10.6 Å². The molecule has 1 aromatic carbocycles. The summed E-state index contributed by atoms with van der Waals surface area (Å²) in [5.74, 6) is -2.03. The van der Waals surface area contributed by atoms with Gasteiger partial charge in [0.05, 0.1) is 22.7 Å². The molecule has 0 spiro atoms. The van der Waals surface area contributed by atoms with Crippen molar-refractivity contribution in [3.8, 4) is 0 Å². The van der Waals surface area contributed by atoms with E-state index in [2.05, 4.69) is 5.32 Å². The van der Waals surface area contributed by atoms with Crippen molar-refractivity contribution in [2.75, 3.05) is 31.1 Å². The Labute approximate surface area is 186 Å². The summed E-state index contributed by atoms with van der Waals surface area (Å²) in [6.07, 6.45) is 3.19. The van der Waals surface area contributed by atoms with E-state index in [-0.39, 0.29) is 62.8 Å². The molecule has 6 nitrogen and oxygen atoms in total. The van der Waals surface area contributed by atoms with Gasteiger partial charge in [-0.25, -0.2) is 4.39 Å². The van der Waals surface area contributed by atoms with Gasteiger partial charge < -0.3 is 24.7 Å². The molecule has 4 rings (SSSR count). The number of hydrogen-bond donors (Lipinski definition) is 1. The Hall–Kier alpha value is -0.774. The predicted molar refractivity (Wildman–Crippen MR) is 85.9 cm³/mol. The summed E-state index contributed by atoms with van der Waals surface area (Å²) in [4.78, 5) is 25.6. The second kappa shape index (κ2) is 7.46. The van der Waals surface area contributed by atoms with Crippen molar-refractivity contribution in [1.82, 2.24) is 9.88 Å². The second-order valence-electron chi connectivity index (χ2n) is 6.36. The van der Waals surface area contributed by atoms with Crippen LogP contribution in [0, 0.1) is 5.82 Å². The van der Waals surface area contributed by atoms with Gasteiger partial charge in [0.15, 0.2) is 5.43 Å². The van der Waals surface area contributed by atoms with Crippen LogP contribution in [-0.2, 0) is 0 Å². The van der Waals surface area contributed by atoms with Crippen molar-refractivity contribution in [3.05, 3.63) is 39.9 Å². The molecular formula is C17H17FKN3O3. The van der Waals surface area contributed by atoms with Crippen LogP contribution in [0.4, 0.5) is 10.1 Å². The SMILES string of the molecule is O=C([O-])c1cn(C2CC2)c2cc(N3CCNCC3)c(F)cc2c1=O.[K+]. The summed E-state index contributed by atoms with van der Waals surface area (Å²) >= 11 is 0. The van der Waals surface area contributed by atoms with Gasteiger partial charge in [-0.2, -0.15) is 0 Å². The maximum absolute atomic E-state index is 14.6. The van der Waals surface area contributed by atoms with Gasteiger partial charge in [-0.05, 0) is 25.0 Å². The van der Waals surface area contributed by atoms with Gasteiger partial charge in [0.1, 0.15) is 5.82 Å². The fourth-order valence-corrected chi connectivity index (χ4v) is 3.31. The van der Waals surface area contributed by atoms with Crippen molar-refractivity contribution in [3.63, 3.8) is 0 Å². The zero-order valence-corrected chi connectivity index (χ0v) is 17.2. The van der Waals surface area contributed by atoms with Gasteiger partial charge in [-0.3, -0.25) is 4.79 Å². The predicted octanol–water partition coefficient (Wildman–Crippen LogP) is -2.75. The third-order valence-electron chi connectivity index (χ3n) is 4.72. The van der Waals surface area contributed by atoms with Crippen LogP contribution in [0.5, 0.6) is 0 Å². The number of aromatic carboxylic acids is 1. The first-order valence-corrected chi connectivity index (χ1v) is 8.11. The van der Waals surface area contributed by atoms with Crippen molar-refractivity contribution < 1.29 is 65.7 Å². The van der Waals surface area contributed by atoms with E-state index in [4.69, 9.17) is 0 Å². The van der Waals surface area contributed by atoms with Crippen LogP contribution in [0.3, 0.4) is 0 Å². The third kappa shape index (κ3) is 3.56. The Bertz CT molecular complexity index is 889. The summed E-state index contributed by atoms with van der Waals surface area (Å²) in [6.45, 7) is 2.92. The van der Waals surface area contributed by atoms with Gasteiger partial charge >= 0.3 is 51.4 Å². The Morgan fingerprint density at radius 2 is 1.92 bits per heavy atom. The van der Waals surface area contributed by atoms with Gasteiger partial charge in [-0.15, -0.1) is 0 Å². The zero-order valence-electron chi connectivity index (χ0n) is 14.0. The molecule has 2 heterocycles. The van der Waals surface area contributed by atoms with Crippen LogP contribution in [0.1, 0.15) is 29.2 Å². The number of pyridine rings is 1. The Morgan fingerprint density at radius 3 is 2.52 bits per heavy atom. The molecule has 0 amide bonds. The largest absolute Gasteiger partial charge is 1.00 e. The summed E-state index contributed by atoms with van der Waals surface area (Å²) in [6, 6.07) is 3.00. The van der Waals surface area contributed by atoms with Gasteiger partial charge in [-0.1, -0.05) is 0 Å². The fraction of sp³-hybridized carbons (Fsp3) is 0.412. The van der Waals surface area contributed by atoms with Crippen molar-refractivity contribution in [2.24, 2.45) is 0 Å². The first kappa shape index (κ1) is 19.0. The Kier molecular flexibility index (Phi) is 5.67. The number of fused-ring (bicyclic) bond motifs is 1. The van der Waals surface area contributed by atoms with E-state index in [1.807, 2.05) is 4.90 Å². The maximum Gasteiger partial charge on any atom is 1.00 e. The minimum Gasteiger partial charge on any atom is -0.545 e. The van der Waals surface area contributed by atoms with E-state index < -0.39 is 22.8 Å². The van der Waals surface area contributed by atoms with Crippen molar-refractivity contribution >= 4 is 22.6 Å². The van der Waals surface area contributed by atoms with E-state index in [0.29, 0.717) is 24.3 Å². The molecule has 25 heavy (non-hydrogen) atoms. The number of piperazine rings is 1. The molecule has 1 aliphatic heterocycles. The Morgan fingerprint density at radius 1 is 1.24 bits per heavy atom. The number of nitrogens with one attached hydrogen (secondary N) is 1. The molecule has 0 bridgehead atoms. The van der Waals surface area contributed by atoms with Gasteiger partial charge in [0.2, 0.25) is 0 Å². The van der Waals surface area contributed by atoms with Crippen LogP contribution in [-0.4, -0.2) is 36.7 Å². The van der Waals surface area contributed by atoms with Crippen molar-refractivity contribution in [1.29, 1.82) is 0 Å². The molecule has 0 radical (unpaired) electrons. The first-order valence-electron chi connectivity index (χ1n) is 8.11. The number of carbonyl (C=O) groups excluding carboxylic acids is 1. The quantitative estimate of drug-likeness (QED) is 0.594. The normalized spacial score (nSPS) is 17.4. The number of carboxylic acid groups (broad SMARTS) is 1. The zero-order chi connectivity index (χ0) is 16.8. The number of carboxylic acids is 1. The van der Waals surface area contributed by atoms with Crippen molar-refractivity contribution in [2.45, 2.75) is 18.9 Å². The molecule has 1 aliphatic carbocycles. The monoisotopic (exact) mass is 369 g/mol. The van der Waals surface area contributed by atoms with Crippen LogP contribution in [0.15, 0.2) is 23.1 Å². The molecule has 1 saturated carbocycles. The number of aromatic nitrogens is 1. The topological polar surface area (TPSA) is 77.4 Å². The molecular weight excluding hydrogens is 352 g/mol. The minimum absolute atomic E-state index is 0. The van der Waals surface area contributed by atoms with Crippen LogP contribution in [0.25, 0.3) is 10.9 Å². The number of nitrogens with zero attached hydrogens (tertiary/aromatic N) is 2. The number of benzene rings is 1. The second-order valence-corrected chi connectivity index (χ2v) is 6.36. The fourth-order valence-electron chi connectivity index (χ4n) is 3.31. The molecule has 0 unspecified atom stereocenters. The van der Waals surface area contributed by atoms with E-state index >= 15 is 0 Å².